The molecule has 33 heavy (non-hydrogen) atoms. The molecule has 2 fully saturated rings. The number of carbonyl (C=O) groups is 3. The molecule has 0 aromatic heterocycles. The van der Waals surface area contributed by atoms with Crippen LogP contribution in [0.15, 0.2) is 36.4 Å². The molecule has 0 bridgehead atoms. The van der Waals surface area contributed by atoms with Gasteiger partial charge in [-0.05, 0) is 56.0 Å². The van der Waals surface area contributed by atoms with E-state index in [2.05, 4.69) is 10.2 Å². The lowest BCUT2D eigenvalue weighted by molar-refractivity contribution is -0.121. The second kappa shape index (κ2) is 9.56. The minimum Gasteiger partial charge on any atom is -0.370 e. The second-order valence-corrected chi connectivity index (χ2v) is 8.47. The van der Waals surface area contributed by atoms with Crippen molar-refractivity contribution in [2.45, 2.75) is 25.7 Å². The molecule has 9 heteroatoms. The van der Waals surface area contributed by atoms with Crippen molar-refractivity contribution in [3.63, 3.8) is 0 Å². The van der Waals surface area contributed by atoms with Gasteiger partial charge in [0.05, 0.1) is 16.9 Å². The highest BCUT2D eigenvalue weighted by Gasteiger charge is 2.30. The van der Waals surface area contributed by atoms with Gasteiger partial charge in [0.25, 0.3) is 5.91 Å². The summed E-state index contributed by atoms with van der Waals surface area (Å²) in [5, 5.41) is 2.95. The van der Waals surface area contributed by atoms with E-state index in [1.807, 2.05) is 0 Å². The van der Waals surface area contributed by atoms with Gasteiger partial charge in [-0.15, -0.1) is 0 Å². The van der Waals surface area contributed by atoms with E-state index in [1.54, 1.807) is 18.2 Å². The molecule has 2 saturated heterocycles. The fourth-order valence-corrected chi connectivity index (χ4v) is 4.44. The maximum Gasteiger partial charge on any atom is 0.256 e. The van der Waals surface area contributed by atoms with Crippen molar-refractivity contribution < 1.29 is 23.2 Å². The number of anilines is 2. The number of primary amides is 1. The maximum atomic E-state index is 14.0. The van der Waals surface area contributed by atoms with Gasteiger partial charge in [0.1, 0.15) is 11.6 Å². The highest BCUT2D eigenvalue weighted by molar-refractivity contribution is 6.00. The summed E-state index contributed by atoms with van der Waals surface area (Å²) in [4.78, 5) is 40.9. The van der Waals surface area contributed by atoms with Gasteiger partial charge < -0.3 is 20.9 Å². The van der Waals surface area contributed by atoms with Crippen LogP contribution in [-0.4, -0.2) is 48.8 Å². The van der Waals surface area contributed by atoms with Crippen molar-refractivity contribution in [1.82, 2.24) is 4.90 Å². The molecule has 0 spiro atoms. The summed E-state index contributed by atoms with van der Waals surface area (Å²) in [5.74, 6) is -3.26. The Morgan fingerprint density at radius 2 is 1.64 bits per heavy atom. The zero-order valence-electron chi connectivity index (χ0n) is 18.2. The SMILES string of the molecule is NC(=O)c1ccc(N2CCCC2)c(NC(=O)C2CCN(C(=O)c3ccc(F)cc3F)CC2)c1. The number of piperidine rings is 1. The average molecular weight is 456 g/mol. The molecular weight excluding hydrogens is 430 g/mol. The fraction of sp³-hybridized carbons (Fsp3) is 0.375. The minimum absolute atomic E-state index is 0.183. The summed E-state index contributed by atoms with van der Waals surface area (Å²) in [7, 11) is 0. The number of amides is 3. The Morgan fingerprint density at radius 1 is 0.939 bits per heavy atom. The predicted molar refractivity (Wildman–Crippen MR) is 120 cm³/mol. The average Bonchev–Trinajstić information content (AvgIpc) is 3.33. The number of nitrogens with zero attached hydrogens (tertiary/aromatic N) is 2. The van der Waals surface area contributed by atoms with Gasteiger partial charge in [-0.1, -0.05) is 0 Å². The second-order valence-electron chi connectivity index (χ2n) is 8.47. The van der Waals surface area contributed by atoms with Crippen LogP contribution in [0.1, 0.15) is 46.4 Å². The molecule has 174 valence electrons. The lowest BCUT2D eigenvalue weighted by atomic mass is 9.95. The third kappa shape index (κ3) is 4.97. The molecule has 0 atom stereocenters. The molecule has 0 aliphatic carbocycles. The standard InChI is InChI=1S/C24H26F2N4O3/c25-17-4-5-18(19(26)14-17)24(33)30-11-7-15(8-12-30)23(32)28-20-13-16(22(27)31)3-6-21(20)29-9-1-2-10-29/h3-6,13-15H,1-2,7-12H2,(H2,27,31)(H,28,32). The van der Waals surface area contributed by atoms with Gasteiger partial charge in [-0.2, -0.15) is 0 Å². The molecule has 2 aromatic rings. The zero-order valence-corrected chi connectivity index (χ0v) is 18.2. The lowest BCUT2D eigenvalue weighted by Gasteiger charge is -2.32. The smallest absolute Gasteiger partial charge is 0.256 e. The Hall–Kier alpha value is -3.49. The monoisotopic (exact) mass is 456 g/mol. The topological polar surface area (TPSA) is 95.7 Å². The highest BCUT2D eigenvalue weighted by atomic mass is 19.1. The predicted octanol–water partition coefficient (Wildman–Crippen LogP) is 3.15. The third-order valence-corrected chi connectivity index (χ3v) is 6.30. The van der Waals surface area contributed by atoms with E-state index in [0.29, 0.717) is 30.2 Å². The van der Waals surface area contributed by atoms with Crippen LogP contribution in [0.4, 0.5) is 20.2 Å². The van der Waals surface area contributed by atoms with E-state index in [-0.39, 0.29) is 30.5 Å². The van der Waals surface area contributed by atoms with E-state index in [4.69, 9.17) is 5.73 Å². The Labute approximate surface area is 190 Å². The van der Waals surface area contributed by atoms with Gasteiger partial charge in [-0.3, -0.25) is 14.4 Å². The molecule has 4 rings (SSSR count). The Morgan fingerprint density at radius 3 is 2.27 bits per heavy atom. The van der Waals surface area contributed by atoms with Crippen LogP contribution < -0.4 is 16.0 Å². The Kier molecular flexibility index (Phi) is 6.57. The first-order valence-corrected chi connectivity index (χ1v) is 11.1. The maximum absolute atomic E-state index is 14.0. The van der Waals surface area contributed by atoms with Crippen LogP contribution >= 0.6 is 0 Å². The van der Waals surface area contributed by atoms with Gasteiger partial charge in [0, 0.05) is 43.7 Å². The molecule has 2 aliphatic rings. The molecule has 3 N–H and O–H groups in total. The molecule has 2 aromatic carbocycles. The molecule has 0 unspecified atom stereocenters. The van der Waals surface area contributed by atoms with Crippen molar-refractivity contribution in [3.8, 4) is 0 Å². The first-order valence-electron chi connectivity index (χ1n) is 11.1. The molecule has 0 radical (unpaired) electrons. The summed E-state index contributed by atoms with van der Waals surface area (Å²) in [6, 6.07) is 7.94. The number of nitrogens with one attached hydrogen (secondary N) is 1. The van der Waals surface area contributed by atoms with E-state index < -0.39 is 23.4 Å². The van der Waals surface area contributed by atoms with E-state index >= 15 is 0 Å². The number of rotatable bonds is 5. The van der Waals surface area contributed by atoms with Crippen LogP contribution in [0, 0.1) is 17.6 Å². The van der Waals surface area contributed by atoms with Crippen LogP contribution in [0.25, 0.3) is 0 Å². The number of hydrogen-bond donors (Lipinski definition) is 2. The van der Waals surface area contributed by atoms with Gasteiger partial charge in [0.15, 0.2) is 0 Å². The molecule has 3 amide bonds. The summed E-state index contributed by atoms with van der Waals surface area (Å²) in [6.45, 7) is 2.32. The van der Waals surface area contributed by atoms with Crippen LogP contribution in [-0.2, 0) is 4.79 Å². The van der Waals surface area contributed by atoms with E-state index in [0.717, 1.165) is 43.8 Å². The lowest BCUT2D eigenvalue weighted by Crippen LogP contribution is -2.41. The van der Waals surface area contributed by atoms with Crippen molar-refractivity contribution in [3.05, 3.63) is 59.2 Å². The van der Waals surface area contributed by atoms with E-state index in [1.165, 1.54) is 4.90 Å². The van der Waals surface area contributed by atoms with Crippen molar-refractivity contribution in [2.75, 3.05) is 36.4 Å². The number of benzene rings is 2. The van der Waals surface area contributed by atoms with Crippen molar-refractivity contribution in [2.24, 2.45) is 11.7 Å². The first-order chi connectivity index (χ1) is 15.8. The third-order valence-electron chi connectivity index (χ3n) is 6.30. The molecule has 2 aliphatic heterocycles. The zero-order chi connectivity index (χ0) is 23.5. The largest absolute Gasteiger partial charge is 0.370 e. The number of hydrogen-bond acceptors (Lipinski definition) is 4. The number of halogens is 2. The van der Waals surface area contributed by atoms with Crippen LogP contribution in [0.5, 0.6) is 0 Å². The molecule has 0 saturated carbocycles. The molecular formula is C24H26F2N4O3. The highest BCUT2D eigenvalue weighted by Crippen LogP contribution is 2.31. The Bertz CT molecular complexity index is 1080. The molecule has 7 nitrogen and oxygen atoms in total. The summed E-state index contributed by atoms with van der Waals surface area (Å²) >= 11 is 0. The number of carbonyl (C=O) groups excluding carboxylic acids is 3. The van der Waals surface area contributed by atoms with Gasteiger partial charge in [-0.25, -0.2) is 8.78 Å². The number of likely N-dealkylation sites (tertiary alicyclic amines) is 1. The first kappa shape index (κ1) is 22.7. The summed E-state index contributed by atoms with van der Waals surface area (Å²) < 4.78 is 27.1. The van der Waals surface area contributed by atoms with E-state index in [9.17, 15) is 23.2 Å². The summed E-state index contributed by atoms with van der Waals surface area (Å²) in [5.41, 5.74) is 6.95. The van der Waals surface area contributed by atoms with Crippen LogP contribution in [0.2, 0.25) is 0 Å². The van der Waals surface area contributed by atoms with Crippen molar-refractivity contribution >= 4 is 29.1 Å². The Balaban J connectivity index is 1.42. The minimum atomic E-state index is -0.899. The fourth-order valence-electron chi connectivity index (χ4n) is 4.44. The summed E-state index contributed by atoms with van der Waals surface area (Å²) in [6.07, 6.45) is 2.95. The number of nitrogens with two attached hydrogens (primary N) is 1. The van der Waals surface area contributed by atoms with Gasteiger partial charge in [0.2, 0.25) is 11.8 Å². The van der Waals surface area contributed by atoms with Crippen molar-refractivity contribution in [1.29, 1.82) is 0 Å². The molecule has 2 heterocycles. The quantitative estimate of drug-likeness (QED) is 0.723. The van der Waals surface area contributed by atoms with Gasteiger partial charge >= 0.3 is 0 Å². The van der Waals surface area contributed by atoms with Crippen LogP contribution in [0.3, 0.4) is 0 Å². The normalized spacial score (nSPS) is 16.7.